The molecule has 0 radical (unpaired) electrons. The van der Waals surface area contributed by atoms with Crippen molar-refractivity contribution in [1.82, 2.24) is 9.80 Å². The summed E-state index contributed by atoms with van der Waals surface area (Å²) in [5.74, 6) is -0.322. The fourth-order valence-electron chi connectivity index (χ4n) is 3.61. The molecule has 1 aromatic rings. The van der Waals surface area contributed by atoms with Crippen LogP contribution in [0.3, 0.4) is 0 Å². The lowest BCUT2D eigenvalue weighted by molar-refractivity contribution is -0.137. The van der Waals surface area contributed by atoms with Crippen molar-refractivity contribution in [3.05, 3.63) is 30.1 Å². The van der Waals surface area contributed by atoms with Crippen LogP contribution in [0.5, 0.6) is 0 Å². The Labute approximate surface area is 172 Å². The maximum absolute atomic E-state index is 13.3. The van der Waals surface area contributed by atoms with Crippen LogP contribution in [0.15, 0.2) is 24.3 Å². The van der Waals surface area contributed by atoms with Gasteiger partial charge in [-0.15, -0.1) is 0 Å². The summed E-state index contributed by atoms with van der Waals surface area (Å²) >= 11 is 0. The van der Waals surface area contributed by atoms with Gasteiger partial charge in [0.25, 0.3) is 0 Å². The van der Waals surface area contributed by atoms with E-state index in [9.17, 15) is 14.0 Å². The first kappa shape index (κ1) is 22.8. The Kier molecular flexibility index (Phi) is 8.15. The molecule has 1 aliphatic rings. The Morgan fingerprint density at radius 3 is 2.31 bits per heavy atom. The SMILES string of the molecule is CC(C(=O)N(CCC#N)c1ccc(F)cc1)N1CCC(C(=O)N(C)C(C)C)CC1. The quantitative estimate of drug-likeness (QED) is 0.703. The first-order chi connectivity index (χ1) is 13.8. The zero-order chi connectivity index (χ0) is 21.6. The number of carbonyl (C=O) groups excluding carboxylic acids is 2. The lowest BCUT2D eigenvalue weighted by atomic mass is 9.94. The number of hydrogen-bond acceptors (Lipinski definition) is 4. The van der Waals surface area contributed by atoms with Crippen molar-refractivity contribution in [2.45, 2.75) is 52.1 Å². The highest BCUT2D eigenvalue weighted by Crippen LogP contribution is 2.24. The highest BCUT2D eigenvalue weighted by Gasteiger charge is 2.33. The van der Waals surface area contributed by atoms with Gasteiger partial charge in [-0.3, -0.25) is 14.5 Å². The van der Waals surface area contributed by atoms with Crippen molar-refractivity contribution in [3.8, 4) is 6.07 Å². The van der Waals surface area contributed by atoms with Crippen molar-refractivity contribution in [3.63, 3.8) is 0 Å². The van der Waals surface area contributed by atoms with Crippen molar-refractivity contribution in [2.75, 3.05) is 31.6 Å². The number of nitrogens with zero attached hydrogens (tertiary/aromatic N) is 4. The van der Waals surface area contributed by atoms with E-state index in [-0.39, 0.29) is 48.6 Å². The molecule has 0 bridgehead atoms. The van der Waals surface area contributed by atoms with Crippen molar-refractivity contribution in [2.24, 2.45) is 5.92 Å². The molecule has 158 valence electrons. The van der Waals surface area contributed by atoms with Crippen LogP contribution in [-0.4, -0.2) is 60.4 Å². The molecule has 0 aliphatic carbocycles. The Bertz CT molecular complexity index is 736. The molecule has 7 heteroatoms. The summed E-state index contributed by atoms with van der Waals surface area (Å²) in [6.45, 7) is 7.46. The summed E-state index contributed by atoms with van der Waals surface area (Å²) in [7, 11) is 1.83. The lowest BCUT2D eigenvalue weighted by Crippen LogP contribution is -2.51. The topological polar surface area (TPSA) is 67.6 Å². The molecule has 2 amide bonds. The van der Waals surface area contributed by atoms with Crippen molar-refractivity contribution in [1.29, 1.82) is 5.26 Å². The second kappa shape index (κ2) is 10.4. The number of amides is 2. The van der Waals surface area contributed by atoms with Crippen LogP contribution in [0.25, 0.3) is 0 Å². The number of piperidine rings is 1. The molecule has 1 fully saturated rings. The Balaban J connectivity index is 2.03. The average Bonchev–Trinajstić information content (AvgIpc) is 2.73. The first-order valence-corrected chi connectivity index (χ1v) is 10.2. The number of nitriles is 1. The second-order valence-electron chi connectivity index (χ2n) is 7.90. The van der Waals surface area contributed by atoms with E-state index in [2.05, 4.69) is 11.0 Å². The number of rotatable bonds is 7. The van der Waals surface area contributed by atoms with Crippen LogP contribution in [0, 0.1) is 23.1 Å². The largest absolute Gasteiger partial charge is 0.343 e. The van der Waals surface area contributed by atoms with Crippen LogP contribution in [-0.2, 0) is 9.59 Å². The fourth-order valence-corrected chi connectivity index (χ4v) is 3.61. The molecular formula is C22H31FN4O2. The Morgan fingerprint density at radius 2 is 1.79 bits per heavy atom. The standard InChI is InChI=1S/C22H31FN4O2/c1-16(2)25(4)22(29)18-10-14-26(15-11-18)17(3)21(28)27(13-5-12-24)20-8-6-19(23)7-9-20/h6-9,16-18H,5,10-11,13-15H2,1-4H3. The predicted molar refractivity (Wildman–Crippen MR) is 111 cm³/mol. The first-order valence-electron chi connectivity index (χ1n) is 10.2. The van der Waals surface area contributed by atoms with Crippen LogP contribution in [0.1, 0.15) is 40.0 Å². The summed E-state index contributed by atoms with van der Waals surface area (Å²) in [5, 5.41) is 8.95. The number of hydrogen-bond donors (Lipinski definition) is 0. The Morgan fingerprint density at radius 1 is 1.21 bits per heavy atom. The van der Waals surface area contributed by atoms with Gasteiger partial charge in [-0.25, -0.2) is 4.39 Å². The molecule has 1 aromatic carbocycles. The highest BCUT2D eigenvalue weighted by molar-refractivity contribution is 5.97. The molecule has 1 aliphatic heterocycles. The number of anilines is 1. The van der Waals surface area contributed by atoms with Crippen LogP contribution in [0.2, 0.25) is 0 Å². The van der Waals surface area contributed by atoms with E-state index in [1.807, 2.05) is 27.8 Å². The summed E-state index contributed by atoms with van der Waals surface area (Å²) in [6, 6.07) is 7.61. The van der Waals surface area contributed by atoms with E-state index in [0.717, 1.165) is 12.8 Å². The van der Waals surface area contributed by atoms with E-state index in [1.165, 1.54) is 12.1 Å². The molecule has 1 unspecified atom stereocenters. The molecule has 1 atom stereocenters. The van der Waals surface area contributed by atoms with Gasteiger partial charge in [0, 0.05) is 31.2 Å². The van der Waals surface area contributed by atoms with Gasteiger partial charge >= 0.3 is 0 Å². The maximum Gasteiger partial charge on any atom is 0.244 e. The second-order valence-corrected chi connectivity index (χ2v) is 7.90. The zero-order valence-electron chi connectivity index (χ0n) is 17.8. The molecule has 0 aromatic heterocycles. The molecule has 0 saturated carbocycles. The molecule has 29 heavy (non-hydrogen) atoms. The minimum absolute atomic E-state index is 0.00672. The van der Waals surface area contributed by atoms with Gasteiger partial charge in [0.2, 0.25) is 11.8 Å². The molecule has 2 rings (SSSR count). The van der Waals surface area contributed by atoms with E-state index in [4.69, 9.17) is 5.26 Å². The van der Waals surface area contributed by atoms with Gasteiger partial charge in [0.1, 0.15) is 5.82 Å². The van der Waals surface area contributed by atoms with Crippen LogP contribution < -0.4 is 4.90 Å². The summed E-state index contributed by atoms with van der Waals surface area (Å²) in [5.41, 5.74) is 0.585. The third-order valence-electron chi connectivity index (χ3n) is 5.76. The number of carbonyl (C=O) groups is 2. The fraction of sp³-hybridized carbons (Fsp3) is 0.591. The van der Waals surface area contributed by atoms with Gasteiger partial charge in [0.05, 0.1) is 18.5 Å². The minimum atomic E-state index is -0.377. The molecular weight excluding hydrogens is 371 g/mol. The lowest BCUT2D eigenvalue weighted by Gasteiger charge is -2.38. The summed E-state index contributed by atoms with van der Waals surface area (Å²) in [4.78, 5) is 31.1. The molecule has 1 heterocycles. The third kappa shape index (κ3) is 5.77. The van der Waals surface area contributed by atoms with E-state index < -0.39 is 0 Å². The highest BCUT2D eigenvalue weighted by atomic mass is 19.1. The minimum Gasteiger partial charge on any atom is -0.343 e. The molecule has 0 spiro atoms. The average molecular weight is 403 g/mol. The number of likely N-dealkylation sites (tertiary alicyclic amines) is 1. The van der Waals surface area contributed by atoms with Gasteiger partial charge in [-0.2, -0.15) is 5.26 Å². The van der Waals surface area contributed by atoms with Gasteiger partial charge in [-0.05, 0) is 71.0 Å². The normalized spacial score (nSPS) is 16.3. The maximum atomic E-state index is 13.3. The van der Waals surface area contributed by atoms with Crippen molar-refractivity contribution >= 4 is 17.5 Å². The smallest absolute Gasteiger partial charge is 0.244 e. The summed E-state index contributed by atoms with van der Waals surface area (Å²) in [6.07, 6.45) is 1.65. The molecule has 0 N–H and O–H groups in total. The molecule has 1 saturated heterocycles. The van der Waals surface area contributed by atoms with E-state index in [1.54, 1.807) is 21.9 Å². The monoisotopic (exact) mass is 402 g/mol. The zero-order valence-corrected chi connectivity index (χ0v) is 17.8. The Hall–Kier alpha value is -2.46. The predicted octanol–water partition coefficient (Wildman–Crippen LogP) is 3.04. The van der Waals surface area contributed by atoms with Crippen LogP contribution >= 0.6 is 0 Å². The number of benzene rings is 1. The van der Waals surface area contributed by atoms with Crippen molar-refractivity contribution < 1.29 is 14.0 Å². The third-order valence-corrected chi connectivity index (χ3v) is 5.76. The van der Waals surface area contributed by atoms with Gasteiger partial charge < -0.3 is 9.80 Å². The summed E-state index contributed by atoms with van der Waals surface area (Å²) < 4.78 is 13.3. The van der Waals surface area contributed by atoms with E-state index in [0.29, 0.717) is 18.8 Å². The van der Waals surface area contributed by atoms with E-state index >= 15 is 0 Å². The van der Waals surface area contributed by atoms with Crippen LogP contribution in [0.4, 0.5) is 10.1 Å². The van der Waals surface area contributed by atoms with Gasteiger partial charge in [-0.1, -0.05) is 0 Å². The number of halogens is 1. The molecule has 6 nitrogen and oxygen atoms in total. The van der Waals surface area contributed by atoms with Gasteiger partial charge in [0.15, 0.2) is 0 Å².